The maximum absolute atomic E-state index is 12.5. The lowest BCUT2D eigenvalue weighted by atomic mass is 10.1. The summed E-state index contributed by atoms with van der Waals surface area (Å²) in [6.45, 7) is 0.529. The Bertz CT molecular complexity index is 658. The molecule has 31 heavy (non-hydrogen) atoms. The Balaban J connectivity index is 5.11. The zero-order valence-corrected chi connectivity index (χ0v) is 17.9. The molecule has 0 rings (SSSR count). The standard InChI is InChI=1S/C16H31N7O7S/c1-7(25)11(23-13(27)10(5-24)22-12(26)8(17)6-31)14(28)21-9(15(29)30)3-2-4-20-16(18)19/h7-11,24-25,31H,2-6,17H2,1H3,(H,21,28)(H,22,26)(H,23,27)(H,29,30)(H4,18,19,20). The average molecular weight is 466 g/mol. The largest absolute Gasteiger partial charge is 0.480 e. The Kier molecular flexibility index (Phi) is 13.2. The Labute approximate surface area is 184 Å². The minimum atomic E-state index is -1.56. The molecule has 0 radical (unpaired) electrons. The zero-order chi connectivity index (χ0) is 24.1. The number of carbonyl (C=O) groups is 4. The van der Waals surface area contributed by atoms with Crippen molar-refractivity contribution < 1.29 is 34.5 Å². The van der Waals surface area contributed by atoms with Gasteiger partial charge < -0.3 is 48.5 Å². The first kappa shape index (κ1) is 28.4. The van der Waals surface area contributed by atoms with E-state index in [2.05, 4.69) is 33.6 Å². The van der Waals surface area contributed by atoms with Gasteiger partial charge >= 0.3 is 5.97 Å². The molecular weight excluding hydrogens is 434 g/mol. The number of aliphatic carboxylic acids is 1. The molecule has 0 aliphatic rings. The van der Waals surface area contributed by atoms with E-state index < -0.39 is 60.6 Å². The maximum Gasteiger partial charge on any atom is 0.326 e. The molecule has 0 fully saturated rings. The van der Waals surface area contributed by atoms with Crippen molar-refractivity contribution >= 4 is 42.3 Å². The fourth-order valence-electron chi connectivity index (χ4n) is 2.24. The lowest BCUT2D eigenvalue weighted by molar-refractivity contribution is -0.143. The van der Waals surface area contributed by atoms with Crippen molar-refractivity contribution in [2.24, 2.45) is 22.2 Å². The maximum atomic E-state index is 12.5. The number of hydrogen-bond acceptors (Lipinski definition) is 9. The Morgan fingerprint density at radius 2 is 1.61 bits per heavy atom. The minimum absolute atomic E-state index is 0.00985. The second-order valence-corrected chi connectivity index (χ2v) is 6.97. The van der Waals surface area contributed by atoms with Crippen LogP contribution in [0.1, 0.15) is 19.8 Å². The number of guanidine groups is 1. The number of carboxylic acids is 1. The summed E-state index contributed by atoms with van der Waals surface area (Å²) in [6.07, 6.45) is -1.20. The Hall–Kier alpha value is -2.62. The van der Waals surface area contributed by atoms with Crippen LogP contribution < -0.4 is 33.2 Å². The summed E-state index contributed by atoms with van der Waals surface area (Å²) in [4.78, 5) is 51.7. The fourth-order valence-corrected chi connectivity index (χ4v) is 2.40. The summed E-state index contributed by atoms with van der Waals surface area (Å²) in [7, 11) is 0. The first-order valence-electron chi connectivity index (χ1n) is 9.29. The third-order valence-electron chi connectivity index (χ3n) is 3.97. The fraction of sp³-hybridized carbons (Fsp3) is 0.688. The first-order valence-corrected chi connectivity index (χ1v) is 9.92. The predicted molar refractivity (Wildman–Crippen MR) is 114 cm³/mol. The van der Waals surface area contributed by atoms with E-state index in [4.69, 9.17) is 17.2 Å². The third kappa shape index (κ3) is 10.8. The van der Waals surface area contributed by atoms with Gasteiger partial charge in [-0.05, 0) is 19.8 Å². The van der Waals surface area contributed by atoms with Crippen molar-refractivity contribution in [1.82, 2.24) is 16.0 Å². The highest BCUT2D eigenvalue weighted by molar-refractivity contribution is 7.80. The summed E-state index contributed by atoms with van der Waals surface area (Å²) < 4.78 is 0. The van der Waals surface area contributed by atoms with Crippen molar-refractivity contribution in [1.29, 1.82) is 0 Å². The summed E-state index contributed by atoms with van der Waals surface area (Å²) >= 11 is 3.85. The van der Waals surface area contributed by atoms with Gasteiger partial charge in [0.05, 0.1) is 18.8 Å². The van der Waals surface area contributed by atoms with Crippen LogP contribution in [0, 0.1) is 0 Å². The number of thiol groups is 1. The number of aliphatic hydroxyl groups excluding tert-OH is 2. The zero-order valence-electron chi connectivity index (χ0n) is 17.0. The molecule has 0 aliphatic heterocycles. The second-order valence-electron chi connectivity index (χ2n) is 6.61. The summed E-state index contributed by atoms with van der Waals surface area (Å²) in [6, 6.07) is -5.38. The molecule has 0 aromatic rings. The molecule has 5 atom stereocenters. The quantitative estimate of drug-likeness (QED) is 0.0506. The third-order valence-corrected chi connectivity index (χ3v) is 4.36. The molecule has 0 bridgehead atoms. The first-order chi connectivity index (χ1) is 14.4. The van der Waals surface area contributed by atoms with Crippen molar-refractivity contribution in [3.63, 3.8) is 0 Å². The molecule has 0 spiro atoms. The van der Waals surface area contributed by atoms with Crippen molar-refractivity contribution in [2.75, 3.05) is 18.9 Å². The van der Waals surface area contributed by atoms with Gasteiger partial charge in [-0.2, -0.15) is 12.6 Å². The van der Waals surface area contributed by atoms with Crippen molar-refractivity contribution in [3.8, 4) is 0 Å². The van der Waals surface area contributed by atoms with E-state index in [0.29, 0.717) is 0 Å². The van der Waals surface area contributed by atoms with Gasteiger partial charge in [-0.15, -0.1) is 0 Å². The molecule has 0 aliphatic carbocycles. The van der Waals surface area contributed by atoms with Crippen LogP contribution in [-0.2, 0) is 19.2 Å². The average Bonchev–Trinajstić information content (AvgIpc) is 2.70. The van der Waals surface area contributed by atoms with Crippen molar-refractivity contribution in [2.45, 2.75) is 50.0 Å². The van der Waals surface area contributed by atoms with Gasteiger partial charge in [-0.3, -0.25) is 19.4 Å². The summed E-state index contributed by atoms with van der Waals surface area (Å²) in [5.74, 6) is -4.22. The number of hydrogen-bond donors (Lipinski definition) is 10. The van der Waals surface area contributed by atoms with Gasteiger partial charge in [0.1, 0.15) is 18.1 Å². The minimum Gasteiger partial charge on any atom is -0.480 e. The van der Waals surface area contributed by atoms with Crippen LogP contribution in [0.15, 0.2) is 4.99 Å². The smallest absolute Gasteiger partial charge is 0.326 e. The normalized spacial score (nSPS) is 15.5. The van der Waals surface area contributed by atoms with E-state index in [0.717, 1.165) is 0 Å². The second kappa shape index (κ2) is 14.4. The summed E-state index contributed by atoms with van der Waals surface area (Å²) in [5, 5.41) is 35.1. The number of nitrogens with two attached hydrogens (primary N) is 3. The van der Waals surface area contributed by atoms with Gasteiger partial charge in [0, 0.05) is 12.3 Å². The van der Waals surface area contributed by atoms with E-state index >= 15 is 0 Å². The molecular formula is C16H31N7O7S. The van der Waals surface area contributed by atoms with Crippen LogP contribution in [0.5, 0.6) is 0 Å². The van der Waals surface area contributed by atoms with E-state index in [-0.39, 0.29) is 31.1 Å². The van der Waals surface area contributed by atoms with Gasteiger partial charge in [0.25, 0.3) is 0 Å². The lowest BCUT2D eigenvalue weighted by Crippen LogP contribution is -2.60. The van der Waals surface area contributed by atoms with E-state index in [1.807, 2.05) is 0 Å². The van der Waals surface area contributed by atoms with Gasteiger partial charge in [-0.25, -0.2) is 4.79 Å². The molecule has 0 aromatic heterocycles. The van der Waals surface area contributed by atoms with Crippen LogP contribution >= 0.6 is 12.6 Å². The van der Waals surface area contributed by atoms with Crippen LogP contribution in [-0.4, -0.2) is 94.1 Å². The number of rotatable bonds is 14. The monoisotopic (exact) mass is 465 g/mol. The molecule has 15 heteroatoms. The number of aliphatic hydroxyl groups is 2. The molecule has 14 nitrogen and oxygen atoms in total. The van der Waals surface area contributed by atoms with E-state index in [1.54, 1.807) is 0 Å². The highest BCUT2D eigenvalue weighted by Crippen LogP contribution is 2.02. The molecule has 178 valence electrons. The topological polar surface area (TPSA) is 255 Å². The van der Waals surface area contributed by atoms with E-state index in [9.17, 15) is 34.5 Å². The van der Waals surface area contributed by atoms with E-state index in [1.165, 1.54) is 6.92 Å². The molecule has 0 saturated heterocycles. The van der Waals surface area contributed by atoms with Crippen LogP contribution in [0.2, 0.25) is 0 Å². The highest BCUT2D eigenvalue weighted by Gasteiger charge is 2.32. The number of aliphatic imine (C=N–C) groups is 1. The van der Waals surface area contributed by atoms with Crippen LogP contribution in [0.25, 0.3) is 0 Å². The molecule has 3 amide bonds. The van der Waals surface area contributed by atoms with Gasteiger partial charge in [0.2, 0.25) is 17.7 Å². The molecule has 12 N–H and O–H groups in total. The predicted octanol–water partition coefficient (Wildman–Crippen LogP) is -4.79. The molecule has 5 unspecified atom stereocenters. The number of nitrogens with zero attached hydrogens (tertiary/aromatic N) is 1. The lowest BCUT2D eigenvalue weighted by Gasteiger charge is -2.25. The number of amides is 3. The van der Waals surface area contributed by atoms with Gasteiger partial charge in [0.15, 0.2) is 5.96 Å². The molecule has 0 heterocycles. The van der Waals surface area contributed by atoms with Crippen LogP contribution in [0.4, 0.5) is 0 Å². The Morgan fingerprint density at radius 1 is 1.03 bits per heavy atom. The number of carbonyl (C=O) groups excluding carboxylic acids is 3. The summed E-state index contributed by atoms with van der Waals surface area (Å²) in [5.41, 5.74) is 15.8. The van der Waals surface area contributed by atoms with Gasteiger partial charge in [-0.1, -0.05) is 0 Å². The highest BCUT2D eigenvalue weighted by atomic mass is 32.1. The molecule has 0 aromatic carbocycles. The number of carboxylic acid groups (broad SMARTS) is 1. The Morgan fingerprint density at radius 3 is 2.06 bits per heavy atom. The van der Waals surface area contributed by atoms with Crippen molar-refractivity contribution in [3.05, 3.63) is 0 Å². The SMILES string of the molecule is CC(O)C(NC(=O)C(CO)NC(=O)C(N)CS)C(=O)NC(CCCN=C(N)N)C(=O)O. The number of nitrogens with one attached hydrogen (secondary N) is 3. The van der Waals surface area contributed by atoms with Crippen LogP contribution in [0.3, 0.4) is 0 Å². The molecule has 0 saturated carbocycles.